The second-order valence-corrected chi connectivity index (χ2v) is 6.88. The Morgan fingerprint density at radius 2 is 1.76 bits per heavy atom. The van der Waals surface area contributed by atoms with Crippen molar-refractivity contribution in [3.63, 3.8) is 0 Å². The van der Waals surface area contributed by atoms with Crippen LogP contribution in [0, 0.1) is 6.92 Å². The topological polar surface area (TPSA) is 91.4 Å². The van der Waals surface area contributed by atoms with E-state index in [9.17, 15) is 9.59 Å². The molecular weight excluding hydrogens is 394 g/mol. The van der Waals surface area contributed by atoms with Gasteiger partial charge in [-0.25, -0.2) is 4.79 Å². The Morgan fingerprint density at radius 3 is 2.41 bits per heavy atom. The van der Waals surface area contributed by atoms with Gasteiger partial charge in [-0.2, -0.15) is 19.3 Å². The molecule has 0 radical (unpaired) electrons. The molecule has 146 valence electrons. The molecular formula is C20H16ClN5O3. The fraction of sp³-hybridized carbons (Fsp3) is 0.150. The predicted octanol–water partition coefficient (Wildman–Crippen LogP) is 2.61. The number of ether oxygens (including phenoxy) is 1. The van der Waals surface area contributed by atoms with Gasteiger partial charge in [0.05, 0.1) is 12.8 Å². The van der Waals surface area contributed by atoms with Crippen LogP contribution in [-0.2, 0) is 11.2 Å². The molecule has 0 aliphatic heterocycles. The average Bonchev–Trinajstić information content (AvgIpc) is 3.08. The van der Waals surface area contributed by atoms with E-state index in [2.05, 4.69) is 15.2 Å². The number of methoxy groups -OCH3 is 1. The third kappa shape index (κ3) is 3.62. The number of aromatic nitrogens is 5. The molecule has 0 N–H and O–H groups in total. The Morgan fingerprint density at radius 1 is 1.07 bits per heavy atom. The van der Waals surface area contributed by atoms with Crippen LogP contribution >= 0.6 is 11.6 Å². The predicted molar refractivity (Wildman–Crippen MR) is 107 cm³/mol. The summed E-state index contributed by atoms with van der Waals surface area (Å²) in [6, 6.07) is 14.5. The first kappa shape index (κ1) is 18.8. The molecule has 4 rings (SSSR count). The Hall–Kier alpha value is -3.52. The Labute approximate surface area is 170 Å². The van der Waals surface area contributed by atoms with E-state index in [1.54, 1.807) is 24.3 Å². The summed E-state index contributed by atoms with van der Waals surface area (Å²) in [4.78, 5) is 29.0. The molecule has 0 saturated carbocycles. The second kappa shape index (κ2) is 7.48. The molecule has 0 amide bonds. The minimum Gasteiger partial charge on any atom is -0.463 e. The molecule has 0 aliphatic carbocycles. The van der Waals surface area contributed by atoms with Gasteiger partial charge >= 0.3 is 5.97 Å². The highest BCUT2D eigenvalue weighted by Crippen LogP contribution is 2.16. The number of halogens is 1. The van der Waals surface area contributed by atoms with Crippen molar-refractivity contribution in [1.29, 1.82) is 0 Å². The van der Waals surface area contributed by atoms with Crippen LogP contribution in [0.25, 0.3) is 11.5 Å². The van der Waals surface area contributed by atoms with Crippen LogP contribution in [0.2, 0.25) is 5.02 Å². The lowest BCUT2D eigenvalue weighted by Gasteiger charge is -2.04. The molecule has 2 aromatic carbocycles. The van der Waals surface area contributed by atoms with Crippen LogP contribution in [0.15, 0.2) is 53.3 Å². The summed E-state index contributed by atoms with van der Waals surface area (Å²) >= 11 is 5.94. The molecule has 29 heavy (non-hydrogen) atoms. The van der Waals surface area contributed by atoms with E-state index in [-0.39, 0.29) is 23.7 Å². The van der Waals surface area contributed by atoms with Crippen LogP contribution < -0.4 is 5.56 Å². The molecule has 4 aromatic rings. The van der Waals surface area contributed by atoms with Crippen molar-refractivity contribution in [3.05, 3.63) is 86.6 Å². The highest BCUT2D eigenvalue weighted by Gasteiger charge is 2.22. The molecule has 2 heterocycles. The smallest absolute Gasteiger partial charge is 0.378 e. The number of hydrogen-bond acceptors (Lipinski definition) is 6. The molecule has 0 unspecified atom stereocenters. The Kier molecular flexibility index (Phi) is 4.85. The average molecular weight is 410 g/mol. The molecule has 0 saturated heterocycles. The third-order valence-corrected chi connectivity index (χ3v) is 4.63. The number of carbonyl (C=O) groups excluding carboxylic acids is 1. The number of nitrogens with zero attached hydrogens (tertiary/aromatic N) is 5. The van der Waals surface area contributed by atoms with Crippen LogP contribution in [-0.4, -0.2) is 37.5 Å². The van der Waals surface area contributed by atoms with E-state index < -0.39 is 11.5 Å². The molecule has 0 spiro atoms. The van der Waals surface area contributed by atoms with Crippen molar-refractivity contribution in [2.45, 2.75) is 13.3 Å². The van der Waals surface area contributed by atoms with E-state index in [0.29, 0.717) is 10.7 Å². The Balaban J connectivity index is 1.88. The van der Waals surface area contributed by atoms with Gasteiger partial charge in [0, 0.05) is 11.4 Å². The maximum atomic E-state index is 12.6. The van der Waals surface area contributed by atoms with E-state index in [0.717, 1.165) is 11.1 Å². The van der Waals surface area contributed by atoms with E-state index in [1.165, 1.54) is 16.3 Å². The van der Waals surface area contributed by atoms with Crippen molar-refractivity contribution in [3.8, 4) is 5.69 Å². The number of carbonyl (C=O) groups is 1. The third-order valence-electron chi connectivity index (χ3n) is 4.37. The van der Waals surface area contributed by atoms with Gasteiger partial charge in [-0.1, -0.05) is 41.4 Å². The van der Waals surface area contributed by atoms with Crippen LogP contribution in [0.4, 0.5) is 0 Å². The maximum Gasteiger partial charge on any atom is 0.378 e. The van der Waals surface area contributed by atoms with Crippen LogP contribution in [0.1, 0.15) is 27.4 Å². The number of hydrogen-bond donors (Lipinski definition) is 0. The molecule has 2 aromatic heterocycles. The molecule has 9 heteroatoms. The molecule has 0 bridgehead atoms. The fourth-order valence-electron chi connectivity index (χ4n) is 2.86. The minimum atomic E-state index is -0.693. The minimum absolute atomic E-state index is 0.0879. The van der Waals surface area contributed by atoms with Gasteiger partial charge in [0.1, 0.15) is 5.69 Å². The van der Waals surface area contributed by atoms with Crippen LogP contribution in [0.5, 0.6) is 0 Å². The van der Waals surface area contributed by atoms with Crippen molar-refractivity contribution < 1.29 is 9.53 Å². The Bertz CT molecular complexity index is 1260. The normalized spacial score (nSPS) is 11.0. The summed E-state index contributed by atoms with van der Waals surface area (Å²) in [5.41, 5.74) is 2.31. The van der Waals surface area contributed by atoms with Crippen molar-refractivity contribution in [1.82, 2.24) is 24.4 Å². The molecule has 0 atom stereocenters. The highest BCUT2D eigenvalue weighted by molar-refractivity contribution is 6.30. The zero-order valence-electron chi connectivity index (χ0n) is 15.7. The molecule has 8 nitrogen and oxygen atoms in total. The number of aryl methyl sites for hydroxylation is 1. The summed E-state index contributed by atoms with van der Waals surface area (Å²) in [5, 5.41) is 9.16. The number of rotatable bonds is 4. The highest BCUT2D eigenvalue weighted by atomic mass is 35.5. The van der Waals surface area contributed by atoms with Crippen LogP contribution in [0.3, 0.4) is 0 Å². The van der Waals surface area contributed by atoms with Crippen molar-refractivity contribution in [2.75, 3.05) is 7.11 Å². The van der Waals surface area contributed by atoms with Gasteiger partial charge in [0.15, 0.2) is 0 Å². The number of benzene rings is 2. The zero-order chi connectivity index (χ0) is 20.5. The van der Waals surface area contributed by atoms with Gasteiger partial charge in [-0.3, -0.25) is 4.79 Å². The van der Waals surface area contributed by atoms with Gasteiger partial charge in [0.2, 0.25) is 0 Å². The largest absolute Gasteiger partial charge is 0.463 e. The first-order valence-electron chi connectivity index (χ1n) is 8.75. The van der Waals surface area contributed by atoms with Crippen molar-refractivity contribution in [2.24, 2.45) is 0 Å². The second-order valence-electron chi connectivity index (χ2n) is 6.44. The SMILES string of the molecule is COC(=O)c1nn(-c2ccc(Cl)cc2)c2nc(=O)c(Cc3ccc(C)cc3)nn12. The quantitative estimate of drug-likeness (QED) is 0.481. The first-order chi connectivity index (χ1) is 14.0. The monoisotopic (exact) mass is 409 g/mol. The first-order valence-corrected chi connectivity index (χ1v) is 9.13. The van der Waals surface area contributed by atoms with Gasteiger partial charge in [-0.05, 0) is 36.8 Å². The van der Waals surface area contributed by atoms with Gasteiger partial charge in [0.25, 0.3) is 17.2 Å². The van der Waals surface area contributed by atoms with E-state index in [1.807, 2.05) is 31.2 Å². The lowest BCUT2D eigenvalue weighted by atomic mass is 10.1. The standard InChI is InChI=1S/C20H16ClN5O3/c1-12-3-5-13(6-4-12)11-16-18(27)22-20-25(15-9-7-14(21)8-10-15)24-17(19(28)29-2)26(20)23-16/h3-10H,11H2,1-2H3. The summed E-state index contributed by atoms with van der Waals surface area (Å²) in [7, 11) is 1.25. The lowest BCUT2D eigenvalue weighted by Crippen LogP contribution is -2.21. The summed E-state index contributed by atoms with van der Waals surface area (Å²) in [5.74, 6) is -0.678. The summed E-state index contributed by atoms with van der Waals surface area (Å²) in [6.45, 7) is 1.98. The van der Waals surface area contributed by atoms with E-state index >= 15 is 0 Å². The van der Waals surface area contributed by atoms with Crippen molar-refractivity contribution >= 4 is 23.3 Å². The lowest BCUT2D eigenvalue weighted by molar-refractivity contribution is 0.0583. The summed E-state index contributed by atoms with van der Waals surface area (Å²) < 4.78 is 7.39. The molecule has 0 aliphatic rings. The van der Waals surface area contributed by atoms with Gasteiger partial charge < -0.3 is 4.74 Å². The maximum absolute atomic E-state index is 12.6. The van der Waals surface area contributed by atoms with E-state index in [4.69, 9.17) is 16.3 Å². The number of fused-ring (bicyclic) bond motifs is 1. The zero-order valence-corrected chi connectivity index (χ0v) is 16.4. The molecule has 0 fully saturated rings. The van der Waals surface area contributed by atoms with Gasteiger partial charge in [-0.15, -0.1) is 5.10 Å². The number of esters is 1. The summed E-state index contributed by atoms with van der Waals surface area (Å²) in [6.07, 6.45) is 0.280. The fourth-order valence-corrected chi connectivity index (χ4v) is 2.98.